The Labute approximate surface area is 185 Å². The molecule has 8 heteroatoms. The number of ether oxygens (including phenoxy) is 1. The highest BCUT2D eigenvalue weighted by Gasteiger charge is 2.48. The average Bonchev–Trinajstić information content (AvgIpc) is 2.95. The van der Waals surface area contributed by atoms with Gasteiger partial charge in [-0.1, -0.05) is 33.7 Å². The topological polar surface area (TPSA) is 54.7 Å². The molecule has 0 aromatic heterocycles. The van der Waals surface area contributed by atoms with Gasteiger partial charge in [0.15, 0.2) is 0 Å². The van der Waals surface area contributed by atoms with E-state index in [1.54, 1.807) is 7.11 Å². The lowest BCUT2D eigenvalue weighted by molar-refractivity contribution is 0.114. The maximum Gasteiger partial charge on any atom is 0.259 e. The molecule has 1 fully saturated rings. The van der Waals surface area contributed by atoms with Gasteiger partial charge in [0, 0.05) is 16.8 Å². The van der Waals surface area contributed by atoms with Gasteiger partial charge in [0.05, 0.1) is 37.6 Å². The Morgan fingerprint density at radius 3 is 2.52 bits per heavy atom. The Hall–Kier alpha value is -0.480. The minimum absolute atomic E-state index is 0.0298. The van der Waals surface area contributed by atoms with Gasteiger partial charge in [0.1, 0.15) is 5.75 Å². The smallest absolute Gasteiger partial charge is 0.259 e. The summed E-state index contributed by atoms with van der Waals surface area (Å²) < 4.78 is 20.6. The van der Waals surface area contributed by atoms with E-state index in [0.717, 1.165) is 5.75 Å². The summed E-state index contributed by atoms with van der Waals surface area (Å²) in [6.07, 6.45) is 0.334. The van der Waals surface area contributed by atoms with Crippen molar-refractivity contribution in [3.05, 3.63) is 29.8 Å². The summed E-state index contributed by atoms with van der Waals surface area (Å²) in [6, 6.07) is 11.0. The first-order valence-corrected chi connectivity index (χ1v) is 13.3. The van der Waals surface area contributed by atoms with Gasteiger partial charge >= 0.3 is 0 Å². The molecule has 0 spiro atoms. The fourth-order valence-corrected chi connectivity index (χ4v) is 8.75. The minimum atomic E-state index is -1.29. The third-order valence-electron chi connectivity index (χ3n) is 4.62. The summed E-state index contributed by atoms with van der Waals surface area (Å²) in [4.78, 5) is 0. The van der Waals surface area contributed by atoms with E-state index in [-0.39, 0.29) is 28.2 Å². The minimum Gasteiger partial charge on any atom is -0.497 e. The Kier molecular flexibility index (Phi) is 9.60. The summed E-state index contributed by atoms with van der Waals surface area (Å²) in [5, 5.41) is 9.12. The molecule has 3 atom stereocenters. The van der Waals surface area contributed by atoms with Crippen LogP contribution in [0, 0.1) is 11.3 Å². The second kappa shape index (κ2) is 11.2. The molecule has 29 heavy (non-hydrogen) atoms. The normalized spacial score (nSPS) is 22.2. The van der Waals surface area contributed by atoms with E-state index < -0.39 is 8.53 Å². The van der Waals surface area contributed by atoms with Crippen molar-refractivity contribution in [2.45, 2.75) is 76.1 Å². The largest absolute Gasteiger partial charge is 0.497 e. The van der Waals surface area contributed by atoms with E-state index in [4.69, 9.17) is 19.0 Å². The second-order valence-electron chi connectivity index (χ2n) is 8.05. The highest BCUT2D eigenvalue weighted by atomic mass is 33.1. The van der Waals surface area contributed by atoms with Crippen LogP contribution in [0.2, 0.25) is 0 Å². The molecule has 0 aliphatic carbocycles. The molecular weight excluding hydrogens is 423 g/mol. The monoisotopic (exact) mass is 456 g/mol. The molecule has 1 aliphatic rings. The number of hydrogen-bond donors (Lipinski definition) is 0. The summed E-state index contributed by atoms with van der Waals surface area (Å²) in [5.41, 5.74) is 1.20. The van der Waals surface area contributed by atoms with Crippen LogP contribution in [0.1, 0.15) is 58.8 Å². The van der Waals surface area contributed by atoms with E-state index in [9.17, 15) is 0 Å². The number of methoxy groups -OCH3 is 1. The third-order valence-corrected chi connectivity index (χ3v) is 10.4. The maximum atomic E-state index is 8.95. The fourth-order valence-electron chi connectivity index (χ4n) is 3.26. The van der Waals surface area contributed by atoms with E-state index >= 15 is 0 Å². The van der Waals surface area contributed by atoms with Crippen LogP contribution < -0.4 is 4.74 Å². The molecule has 1 unspecified atom stereocenters. The SMILES string of the molecule is COc1cccc([C@@H]2SSC(C)(C)[C@H]2OP(OCCC#N)N(C(C)C)C(C)C)c1. The van der Waals surface area contributed by atoms with Gasteiger partial charge in [-0.3, -0.25) is 0 Å². The highest BCUT2D eigenvalue weighted by Crippen LogP contribution is 2.63. The first-order chi connectivity index (χ1) is 13.7. The van der Waals surface area contributed by atoms with E-state index in [1.807, 2.05) is 33.7 Å². The van der Waals surface area contributed by atoms with Gasteiger partial charge in [-0.2, -0.15) is 5.26 Å². The molecule has 1 aromatic rings. The second-order valence-corrected chi connectivity index (χ2v) is 12.5. The molecule has 0 saturated carbocycles. The highest BCUT2D eigenvalue weighted by molar-refractivity contribution is 8.77. The van der Waals surface area contributed by atoms with Crippen LogP contribution >= 0.6 is 30.1 Å². The van der Waals surface area contributed by atoms with Crippen molar-refractivity contribution < 1.29 is 13.8 Å². The molecule has 0 bridgehead atoms. The molecule has 0 radical (unpaired) electrons. The fraction of sp³-hybridized carbons (Fsp3) is 0.667. The van der Waals surface area contributed by atoms with Crippen LogP contribution in [0.15, 0.2) is 24.3 Å². The van der Waals surface area contributed by atoms with Crippen molar-refractivity contribution in [2.75, 3.05) is 13.7 Å². The molecule has 5 nitrogen and oxygen atoms in total. The van der Waals surface area contributed by atoms with Gasteiger partial charge in [0.25, 0.3) is 8.53 Å². The van der Waals surface area contributed by atoms with Gasteiger partial charge in [-0.05, 0) is 59.2 Å². The zero-order valence-electron chi connectivity index (χ0n) is 18.4. The van der Waals surface area contributed by atoms with Crippen molar-refractivity contribution in [3.63, 3.8) is 0 Å². The molecule has 1 heterocycles. The van der Waals surface area contributed by atoms with Crippen molar-refractivity contribution >= 4 is 30.1 Å². The van der Waals surface area contributed by atoms with Crippen LogP contribution in [0.25, 0.3) is 0 Å². The molecule has 1 aromatic carbocycles. The zero-order valence-corrected chi connectivity index (χ0v) is 20.9. The quantitative estimate of drug-likeness (QED) is 0.224. The predicted molar refractivity (Wildman–Crippen MR) is 125 cm³/mol. The van der Waals surface area contributed by atoms with Crippen LogP contribution in [-0.2, 0) is 9.05 Å². The first-order valence-electron chi connectivity index (χ1n) is 9.94. The van der Waals surface area contributed by atoms with Crippen molar-refractivity contribution in [1.82, 2.24) is 4.67 Å². The van der Waals surface area contributed by atoms with E-state index in [0.29, 0.717) is 13.0 Å². The first kappa shape index (κ1) is 24.8. The standard InChI is InChI=1S/C21H33N2O3PS2/c1-15(2)23(16(3)4)27(25-13-9-12-22)26-20-19(28-29-21(20,5)6)17-10-8-11-18(14-17)24-7/h8,10-11,14-16,19-20H,9,13H2,1-7H3/t19-,20-,27?/m0/s1. The van der Waals surface area contributed by atoms with Crippen LogP contribution in [0.3, 0.4) is 0 Å². The maximum absolute atomic E-state index is 8.95. The van der Waals surface area contributed by atoms with Crippen molar-refractivity contribution in [3.8, 4) is 11.8 Å². The number of rotatable bonds is 10. The zero-order chi connectivity index (χ0) is 21.6. The van der Waals surface area contributed by atoms with Crippen LogP contribution in [-0.4, -0.2) is 41.3 Å². The lowest BCUT2D eigenvalue weighted by Gasteiger charge is -2.39. The lowest BCUT2D eigenvalue weighted by Crippen LogP contribution is -2.39. The molecule has 2 rings (SSSR count). The average molecular weight is 457 g/mol. The molecule has 0 amide bonds. The van der Waals surface area contributed by atoms with E-state index in [1.165, 1.54) is 5.56 Å². The molecular formula is C21H33N2O3PS2. The van der Waals surface area contributed by atoms with Gasteiger partial charge in [-0.15, -0.1) is 0 Å². The van der Waals surface area contributed by atoms with Gasteiger partial charge in [-0.25, -0.2) is 4.67 Å². The Bertz CT molecular complexity index is 689. The Morgan fingerprint density at radius 1 is 1.24 bits per heavy atom. The van der Waals surface area contributed by atoms with E-state index in [2.05, 4.69) is 64.4 Å². The summed E-state index contributed by atoms with van der Waals surface area (Å²) in [7, 11) is 4.11. The Balaban J connectivity index is 2.31. The van der Waals surface area contributed by atoms with Crippen LogP contribution in [0.4, 0.5) is 0 Å². The van der Waals surface area contributed by atoms with Crippen LogP contribution in [0.5, 0.6) is 5.75 Å². The van der Waals surface area contributed by atoms with Crippen molar-refractivity contribution in [1.29, 1.82) is 5.26 Å². The number of nitriles is 1. The third kappa shape index (κ3) is 6.50. The Morgan fingerprint density at radius 2 is 1.93 bits per heavy atom. The lowest BCUT2D eigenvalue weighted by atomic mass is 9.97. The summed E-state index contributed by atoms with van der Waals surface area (Å²) in [6.45, 7) is 13.5. The number of hydrogen-bond acceptors (Lipinski definition) is 7. The molecule has 162 valence electrons. The summed E-state index contributed by atoms with van der Waals surface area (Å²) in [5.74, 6) is 0.857. The molecule has 1 saturated heterocycles. The predicted octanol–water partition coefficient (Wildman–Crippen LogP) is 6.57. The molecule has 0 N–H and O–H groups in total. The summed E-state index contributed by atoms with van der Waals surface area (Å²) >= 11 is 0. The van der Waals surface area contributed by atoms with Crippen molar-refractivity contribution in [2.24, 2.45) is 0 Å². The molecule has 1 aliphatic heterocycles. The van der Waals surface area contributed by atoms with Gasteiger partial charge < -0.3 is 13.8 Å². The number of benzene rings is 1. The number of nitrogens with zero attached hydrogens (tertiary/aromatic N) is 2. The van der Waals surface area contributed by atoms with Gasteiger partial charge in [0.2, 0.25) is 0 Å².